The lowest BCUT2D eigenvalue weighted by molar-refractivity contribution is 0.102. The van der Waals surface area contributed by atoms with E-state index in [9.17, 15) is 4.79 Å². The summed E-state index contributed by atoms with van der Waals surface area (Å²) in [5.74, 6) is 1.10. The number of aromatic nitrogens is 1. The van der Waals surface area contributed by atoms with E-state index in [2.05, 4.69) is 41.6 Å². The number of carbonyl (C=O) groups excluding carboxylic acids is 1. The minimum atomic E-state index is -0.142. The normalized spacial score (nSPS) is 10.6. The van der Waals surface area contributed by atoms with Gasteiger partial charge in [0.2, 0.25) is 0 Å². The van der Waals surface area contributed by atoms with E-state index < -0.39 is 0 Å². The Morgan fingerprint density at radius 2 is 1.54 bits per heavy atom. The van der Waals surface area contributed by atoms with Crippen LogP contribution in [0.1, 0.15) is 41.3 Å². The molecule has 2 aromatic carbocycles. The van der Waals surface area contributed by atoms with Crippen LogP contribution >= 0.6 is 0 Å². The summed E-state index contributed by atoms with van der Waals surface area (Å²) in [7, 11) is 0. The van der Waals surface area contributed by atoms with Crippen molar-refractivity contribution in [3.63, 3.8) is 0 Å². The number of rotatable bonds is 5. The van der Waals surface area contributed by atoms with E-state index in [0.29, 0.717) is 17.2 Å². The third-order valence-corrected chi connectivity index (χ3v) is 4.18. The van der Waals surface area contributed by atoms with Gasteiger partial charge in [0.1, 0.15) is 5.82 Å². The lowest BCUT2D eigenvalue weighted by Gasteiger charge is -2.10. The Labute approximate surface area is 154 Å². The average molecular weight is 345 g/mol. The molecule has 0 unspecified atom stereocenters. The minimum Gasteiger partial charge on any atom is -0.340 e. The predicted molar refractivity (Wildman–Crippen MR) is 107 cm³/mol. The molecule has 0 fully saturated rings. The van der Waals surface area contributed by atoms with Crippen molar-refractivity contribution >= 4 is 23.1 Å². The highest BCUT2D eigenvalue weighted by molar-refractivity contribution is 6.04. The summed E-state index contributed by atoms with van der Waals surface area (Å²) in [6, 6.07) is 19.5. The SMILES string of the molecule is Cc1ccc(C(=O)Nc2ccc(Nc3ccc(C(C)C)cc3)nc2)cc1. The third kappa shape index (κ3) is 4.48. The Hall–Kier alpha value is -3.14. The van der Waals surface area contributed by atoms with Crippen LogP contribution in [-0.2, 0) is 0 Å². The molecule has 4 nitrogen and oxygen atoms in total. The summed E-state index contributed by atoms with van der Waals surface area (Å²) in [6.07, 6.45) is 1.65. The Morgan fingerprint density at radius 1 is 0.885 bits per heavy atom. The van der Waals surface area contributed by atoms with Gasteiger partial charge in [-0.2, -0.15) is 0 Å². The van der Waals surface area contributed by atoms with E-state index in [0.717, 1.165) is 17.1 Å². The number of nitrogens with one attached hydrogen (secondary N) is 2. The molecule has 4 heteroatoms. The monoisotopic (exact) mass is 345 g/mol. The summed E-state index contributed by atoms with van der Waals surface area (Å²) in [5.41, 5.74) is 4.70. The zero-order valence-corrected chi connectivity index (χ0v) is 15.3. The first-order valence-electron chi connectivity index (χ1n) is 8.72. The number of carbonyl (C=O) groups is 1. The van der Waals surface area contributed by atoms with Gasteiger partial charge in [0, 0.05) is 11.3 Å². The van der Waals surface area contributed by atoms with Crippen LogP contribution in [0.25, 0.3) is 0 Å². The maximum Gasteiger partial charge on any atom is 0.255 e. The second kappa shape index (κ2) is 7.83. The zero-order valence-electron chi connectivity index (χ0n) is 15.3. The van der Waals surface area contributed by atoms with Crippen molar-refractivity contribution in [3.05, 3.63) is 83.6 Å². The molecule has 3 rings (SSSR count). The molecule has 1 amide bonds. The Kier molecular flexibility index (Phi) is 5.32. The van der Waals surface area contributed by atoms with Crippen molar-refractivity contribution in [3.8, 4) is 0 Å². The van der Waals surface area contributed by atoms with Crippen molar-refractivity contribution in [2.24, 2.45) is 0 Å². The van der Waals surface area contributed by atoms with Crippen LogP contribution in [-0.4, -0.2) is 10.9 Å². The van der Waals surface area contributed by atoms with Gasteiger partial charge in [0.05, 0.1) is 11.9 Å². The smallest absolute Gasteiger partial charge is 0.255 e. The fourth-order valence-corrected chi connectivity index (χ4v) is 2.55. The van der Waals surface area contributed by atoms with Crippen LogP contribution in [0.15, 0.2) is 66.9 Å². The van der Waals surface area contributed by atoms with E-state index >= 15 is 0 Å². The molecule has 0 saturated heterocycles. The molecule has 0 radical (unpaired) electrons. The van der Waals surface area contributed by atoms with Gasteiger partial charge >= 0.3 is 0 Å². The van der Waals surface area contributed by atoms with E-state index in [4.69, 9.17) is 0 Å². The molecule has 0 bridgehead atoms. The summed E-state index contributed by atoms with van der Waals surface area (Å²) in [5, 5.41) is 6.12. The molecule has 132 valence electrons. The Bertz CT molecular complexity index is 867. The van der Waals surface area contributed by atoms with Gasteiger partial charge in [-0.3, -0.25) is 4.79 Å². The lowest BCUT2D eigenvalue weighted by Crippen LogP contribution is -2.12. The Balaban J connectivity index is 1.62. The summed E-state index contributed by atoms with van der Waals surface area (Å²) >= 11 is 0. The number of hydrogen-bond acceptors (Lipinski definition) is 3. The molecule has 0 saturated carbocycles. The van der Waals surface area contributed by atoms with Crippen molar-refractivity contribution in [2.75, 3.05) is 10.6 Å². The number of hydrogen-bond donors (Lipinski definition) is 2. The predicted octanol–water partition coefficient (Wildman–Crippen LogP) is 5.51. The van der Waals surface area contributed by atoms with Crippen molar-refractivity contribution < 1.29 is 4.79 Å². The average Bonchev–Trinajstić information content (AvgIpc) is 2.64. The van der Waals surface area contributed by atoms with Crippen LogP contribution < -0.4 is 10.6 Å². The molecule has 1 heterocycles. The van der Waals surface area contributed by atoms with E-state index in [-0.39, 0.29) is 5.91 Å². The maximum absolute atomic E-state index is 12.2. The van der Waals surface area contributed by atoms with Crippen LogP contribution in [0.3, 0.4) is 0 Å². The number of anilines is 3. The molecular weight excluding hydrogens is 322 g/mol. The van der Waals surface area contributed by atoms with Crippen LogP contribution in [0, 0.1) is 6.92 Å². The highest BCUT2D eigenvalue weighted by atomic mass is 16.1. The van der Waals surface area contributed by atoms with E-state index in [1.54, 1.807) is 6.20 Å². The number of amides is 1. The highest BCUT2D eigenvalue weighted by Crippen LogP contribution is 2.20. The van der Waals surface area contributed by atoms with Crippen LogP contribution in [0.2, 0.25) is 0 Å². The van der Waals surface area contributed by atoms with Gasteiger partial charge in [0.15, 0.2) is 0 Å². The van der Waals surface area contributed by atoms with Gasteiger partial charge in [-0.1, -0.05) is 43.7 Å². The fraction of sp³-hybridized carbons (Fsp3) is 0.182. The molecule has 0 aliphatic carbocycles. The molecule has 1 aromatic heterocycles. The van der Waals surface area contributed by atoms with Crippen LogP contribution in [0.5, 0.6) is 0 Å². The molecule has 2 N–H and O–H groups in total. The van der Waals surface area contributed by atoms with Gasteiger partial charge in [-0.05, 0) is 54.8 Å². The second-order valence-corrected chi connectivity index (χ2v) is 6.65. The first-order chi connectivity index (χ1) is 12.5. The van der Waals surface area contributed by atoms with Crippen LogP contribution in [0.4, 0.5) is 17.2 Å². The summed E-state index contributed by atoms with van der Waals surface area (Å²) in [4.78, 5) is 16.6. The van der Waals surface area contributed by atoms with Gasteiger partial charge in [-0.25, -0.2) is 4.98 Å². The van der Waals surface area contributed by atoms with E-state index in [1.165, 1.54) is 5.56 Å². The molecule has 3 aromatic rings. The van der Waals surface area contributed by atoms with Gasteiger partial charge in [-0.15, -0.1) is 0 Å². The van der Waals surface area contributed by atoms with Gasteiger partial charge in [0.25, 0.3) is 5.91 Å². The Morgan fingerprint density at radius 3 is 2.12 bits per heavy atom. The number of aryl methyl sites for hydroxylation is 1. The first-order valence-corrected chi connectivity index (χ1v) is 8.72. The van der Waals surface area contributed by atoms with E-state index in [1.807, 2.05) is 55.5 Å². The summed E-state index contributed by atoms with van der Waals surface area (Å²) < 4.78 is 0. The van der Waals surface area contributed by atoms with Crippen molar-refractivity contribution in [1.29, 1.82) is 0 Å². The molecule has 0 aliphatic rings. The quantitative estimate of drug-likeness (QED) is 0.641. The number of pyridine rings is 1. The number of nitrogens with zero attached hydrogens (tertiary/aromatic N) is 1. The number of benzene rings is 2. The zero-order chi connectivity index (χ0) is 18.5. The molecule has 0 atom stereocenters. The lowest BCUT2D eigenvalue weighted by atomic mass is 10.0. The molecular formula is C22H23N3O. The third-order valence-electron chi connectivity index (χ3n) is 4.18. The molecule has 0 spiro atoms. The largest absolute Gasteiger partial charge is 0.340 e. The second-order valence-electron chi connectivity index (χ2n) is 6.65. The minimum absolute atomic E-state index is 0.142. The maximum atomic E-state index is 12.2. The highest BCUT2D eigenvalue weighted by Gasteiger charge is 2.06. The molecule has 26 heavy (non-hydrogen) atoms. The molecule has 0 aliphatic heterocycles. The summed E-state index contributed by atoms with van der Waals surface area (Å²) in [6.45, 7) is 6.34. The van der Waals surface area contributed by atoms with Crippen molar-refractivity contribution in [1.82, 2.24) is 4.98 Å². The van der Waals surface area contributed by atoms with Gasteiger partial charge < -0.3 is 10.6 Å². The topological polar surface area (TPSA) is 54.0 Å². The fourth-order valence-electron chi connectivity index (χ4n) is 2.55. The van der Waals surface area contributed by atoms with Crippen molar-refractivity contribution in [2.45, 2.75) is 26.7 Å². The first kappa shape index (κ1) is 17.7. The standard InChI is InChI=1S/C22H23N3O/c1-15(2)17-8-10-19(11-9-17)24-21-13-12-20(14-23-21)25-22(26)18-6-4-16(3)5-7-18/h4-15H,1-3H3,(H,23,24)(H,25,26).